The Bertz CT molecular complexity index is 2600. The fraction of sp³-hybridized carbons (Fsp3) is 0.0526. The van der Waals surface area contributed by atoms with Gasteiger partial charge in [0.15, 0.2) is 10.3 Å². The highest BCUT2D eigenvalue weighted by Crippen LogP contribution is 2.22. The van der Waals surface area contributed by atoms with Crippen LogP contribution in [0, 0.1) is 10.1 Å². The number of carbonyl (C=O) groups is 2. The quantitative estimate of drug-likeness (QED) is 0.0449. The molecule has 4 aromatic carbocycles. The van der Waals surface area contributed by atoms with Crippen LogP contribution in [-0.4, -0.2) is 50.1 Å². The van der Waals surface area contributed by atoms with Crippen LogP contribution in [0.2, 0.25) is 0 Å². The lowest BCUT2D eigenvalue weighted by Gasteiger charge is -2.07. The molecule has 0 unspecified atom stereocenters. The predicted molar refractivity (Wildman–Crippen MR) is 225 cm³/mol. The fourth-order valence-electron chi connectivity index (χ4n) is 4.62. The van der Waals surface area contributed by atoms with Gasteiger partial charge in [-0.05, 0) is 103 Å². The average Bonchev–Trinajstić information content (AvgIpc) is 3.92. The molecule has 0 saturated carbocycles. The van der Waals surface area contributed by atoms with Crippen LogP contribution in [0.25, 0.3) is 12.2 Å². The maximum absolute atomic E-state index is 12.3. The number of ether oxygens (including phenoxy) is 1. The van der Waals surface area contributed by atoms with Crippen molar-refractivity contribution in [2.24, 2.45) is 0 Å². The number of aromatic nitrogens is 2. The molecule has 0 fully saturated rings. The Labute approximate surface area is 341 Å². The number of hydrogen-bond donors (Lipinski definition) is 4. The number of thiazole rings is 2. The third-order valence-electron chi connectivity index (χ3n) is 7.30. The smallest absolute Gasteiger partial charge is 0.269 e. The topological polar surface area (TPSA) is 229 Å². The number of non-ortho nitro benzene ring substituents is 1. The summed E-state index contributed by atoms with van der Waals surface area (Å²) in [6.07, 6.45) is 8.87. The van der Waals surface area contributed by atoms with Crippen LogP contribution in [-0.2, 0) is 29.6 Å². The zero-order valence-electron chi connectivity index (χ0n) is 30.2. The number of amides is 2. The number of sulfonamides is 2. The molecule has 20 heteroatoms. The normalized spacial score (nSPS) is 11.3. The molecule has 298 valence electrons. The van der Waals surface area contributed by atoms with E-state index in [0.717, 1.165) is 22.6 Å². The Kier molecular flexibility index (Phi) is 14.6. The third kappa shape index (κ3) is 12.9. The second-order valence-corrected chi connectivity index (χ2v) is 16.6. The standard InChI is InChI=1S/C20H19N3O4S2.C18H14N4O5S2/c1-2-27-17-5-3-4-15(14-17)6-11-19(24)22-16-7-9-18(10-8-16)29(25,26)23-20-21-12-13-28-20;23-17(10-3-13-1-6-15(7-2-13)22(24)25)20-14-4-8-16(9-5-14)29(26,27)21-18-19-11-12-28-18/h3-14H,2H2,1H3,(H,21,23)(H,22,24);1-12H,(H,19,21)(H,20,23)/b11-6+;10-3+. The third-order valence-corrected chi connectivity index (χ3v) is 11.6. The summed E-state index contributed by atoms with van der Waals surface area (Å²) in [6, 6.07) is 24.7. The number of nitrogens with zero attached hydrogens (tertiary/aromatic N) is 3. The van der Waals surface area contributed by atoms with Crippen molar-refractivity contribution in [1.29, 1.82) is 0 Å². The molecule has 0 aliphatic carbocycles. The summed E-state index contributed by atoms with van der Waals surface area (Å²) in [5.41, 5.74) is 2.32. The van der Waals surface area contributed by atoms with Crippen molar-refractivity contribution < 1.29 is 36.1 Å². The molecule has 4 N–H and O–H groups in total. The minimum Gasteiger partial charge on any atom is -0.494 e. The number of nitro groups is 1. The molecule has 2 amide bonds. The molecule has 0 saturated heterocycles. The van der Waals surface area contributed by atoms with E-state index in [4.69, 9.17) is 4.74 Å². The van der Waals surface area contributed by atoms with Gasteiger partial charge < -0.3 is 15.4 Å². The summed E-state index contributed by atoms with van der Waals surface area (Å²) in [7, 11) is -7.49. The van der Waals surface area contributed by atoms with Crippen LogP contribution in [0.4, 0.5) is 27.3 Å². The number of hydrogen-bond acceptors (Lipinski definition) is 13. The van der Waals surface area contributed by atoms with E-state index in [1.54, 1.807) is 16.8 Å². The first-order chi connectivity index (χ1) is 27.8. The molecular weight excluding hydrogens is 827 g/mol. The molecule has 6 aromatic rings. The lowest BCUT2D eigenvalue weighted by atomic mass is 10.2. The van der Waals surface area contributed by atoms with Gasteiger partial charge in [0.1, 0.15) is 5.75 Å². The van der Waals surface area contributed by atoms with Crippen LogP contribution in [0.15, 0.2) is 142 Å². The van der Waals surface area contributed by atoms with Crippen LogP contribution in [0.1, 0.15) is 18.1 Å². The molecular formula is C38H33N7O9S4. The lowest BCUT2D eigenvalue weighted by Crippen LogP contribution is -2.13. The number of carbonyl (C=O) groups excluding carboxylic acids is 2. The van der Waals surface area contributed by atoms with Crippen molar-refractivity contribution in [3.05, 3.63) is 154 Å². The molecule has 58 heavy (non-hydrogen) atoms. The zero-order chi connectivity index (χ0) is 41.5. The Morgan fingerprint density at radius 2 is 1.19 bits per heavy atom. The molecule has 0 aliphatic rings. The van der Waals surface area contributed by atoms with Gasteiger partial charge in [-0.2, -0.15) is 0 Å². The summed E-state index contributed by atoms with van der Waals surface area (Å²) >= 11 is 2.35. The molecule has 0 spiro atoms. The van der Waals surface area contributed by atoms with E-state index in [0.29, 0.717) is 28.7 Å². The van der Waals surface area contributed by atoms with E-state index in [9.17, 15) is 36.5 Å². The molecule has 0 atom stereocenters. The fourth-order valence-corrected chi connectivity index (χ4v) is 8.20. The minimum atomic E-state index is -3.76. The van der Waals surface area contributed by atoms with Gasteiger partial charge in [0.05, 0.1) is 21.3 Å². The number of anilines is 4. The van der Waals surface area contributed by atoms with Crippen LogP contribution in [0.3, 0.4) is 0 Å². The molecule has 2 heterocycles. The minimum absolute atomic E-state index is 0.0344. The Morgan fingerprint density at radius 3 is 1.62 bits per heavy atom. The molecule has 6 rings (SSSR count). The van der Waals surface area contributed by atoms with Crippen LogP contribution < -0.4 is 24.8 Å². The van der Waals surface area contributed by atoms with Gasteiger partial charge in [0.2, 0.25) is 11.8 Å². The van der Waals surface area contributed by atoms with Crippen molar-refractivity contribution in [2.45, 2.75) is 16.7 Å². The van der Waals surface area contributed by atoms with Crippen molar-refractivity contribution in [3.8, 4) is 5.75 Å². The van der Waals surface area contributed by atoms with Gasteiger partial charge in [-0.3, -0.25) is 29.1 Å². The molecule has 0 bridgehead atoms. The van der Waals surface area contributed by atoms with Crippen molar-refractivity contribution in [1.82, 2.24) is 9.97 Å². The number of nitrogens with one attached hydrogen (secondary N) is 4. The number of nitro benzene ring substituents is 1. The number of rotatable bonds is 15. The first-order valence-electron chi connectivity index (χ1n) is 16.8. The summed E-state index contributed by atoms with van der Waals surface area (Å²) < 4.78 is 59.4. The van der Waals surface area contributed by atoms with E-state index >= 15 is 0 Å². The van der Waals surface area contributed by atoms with Crippen molar-refractivity contribution >= 4 is 94.0 Å². The van der Waals surface area contributed by atoms with E-state index in [2.05, 4.69) is 30.0 Å². The van der Waals surface area contributed by atoms with E-state index in [-0.39, 0.29) is 26.5 Å². The van der Waals surface area contributed by atoms with E-state index in [1.807, 2.05) is 31.2 Å². The summed E-state index contributed by atoms with van der Waals surface area (Å²) in [5, 5.41) is 19.8. The lowest BCUT2D eigenvalue weighted by molar-refractivity contribution is -0.384. The summed E-state index contributed by atoms with van der Waals surface area (Å²) in [6.45, 7) is 2.47. The van der Waals surface area contributed by atoms with Gasteiger partial charge >= 0.3 is 0 Å². The predicted octanol–water partition coefficient (Wildman–Crippen LogP) is 7.50. The summed E-state index contributed by atoms with van der Waals surface area (Å²) in [5.74, 6) is -0.0265. The number of benzene rings is 4. The van der Waals surface area contributed by atoms with Gasteiger partial charge in [0, 0.05) is 58.8 Å². The van der Waals surface area contributed by atoms with Crippen LogP contribution >= 0.6 is 22.7 Å². The SMILES string of the molecule is CCOc1cccc(/C=C/C(=O)Nc2ccc(S(=O)(=O)Nc3nccs3)cc2)c1.O=C(/C=C/c1ccc([N+](=O)[O-])cc1)Nc1ccc(S(=O)(=O)Nc2nccs2)cc1. The first kappa shape index (κ1) is 42.4. The second kappa shape index (κ2) is 19.9. The maximum atomic E-state index is 12.3. The van der Waals surface area contributed by atoms with Crippen molar-refractivity contribution in [2.75, 3.05) is 26.7 Å². The van der Waals surface area contributed by atoms with E-state index in [1.165, 1.54) is 115 Å². The van der Waals surface area contributed by atoms with Gasteiger partial charge in [-0.15, -0.1) is 22.7 Å². The Morgan fingerprint density at radius 1 is 0.707 bits per heavy atom. The molecule has 16 nitrogen and oxygen atoms in total. The Hall–Kier alpha value is -6.74. The Balaban J connectivity index is 0.000000221. The molecule has 2 aromatic heterocycles. The van der Waals surface area contributed by atoms with Gasteiger partial charge in [0.25, 0.3) is 25.7 Å². The second-order valence-electron chi connectivity index (χ2n) is 11.4. The highest BCUT2D eigenvalue weighted by molar-refractivity contribution is 7.93. The maximum Gasteiger partial charge on any atom is 0.269 e. The first-order valence-corrected chi connectivity index (χ1v) is 21.5. The largest absolute Gasteiger partial charge is 0.494 e. The average molecular weight is 860 g/mol. The molecule has 0 radical (unpaired) electrons. The van der Waals surface area contributed by atoms with Crippen molar-refractivity contribution in [3.63, 3.8) is 0 Å². The van der Waals surface area contributed by atoms with Gasteiger partial charge in [-0.1, -0.05) is 12.1 Å². The summed E-state index contributed by atoms with van der Waals surface area (Å²) in [4.78, 5) is 42.1. The molecule has 0 aliphatic heterocycles. The monoisotopic (exact) mass is 859 g/mol. The highest BCUT2D eigenvalue weighted by atomic mass is 32.2. The highest BCUT2D eigenvalue weighted by Gasteiger charge is 2.17. The zero-order valence-corrected chi connectivity index (χ0v) is 33.5. The van der Waals surface area contributed by atoms with Crippen LogP contribution in [0.5, 0.6) is 5.75 Å². The van der Waals surface area contributed by atoms with E-state index < -0.39 is 30.9 Å². The van der Waals surface area contributed by atoms with Gasteiger partial charge in [-0.25, -0.2) is 26.8 Å².